The molecule has 21 heavy (non-hydrogen) atoms. The number of benzene rings is 1. The van der Waals surface area contributed by atoms with Crippen LogP contribution in [0.5, 0.6) is 0 Å². The van der Waals surface area contributed by atoms with Crippen molar-refractivity contribution >= 4 is 5.91 Å². The molecule has 1 aromatic carbocycles. The second-order valence-corrected chi connectivity index (χ2v) is 5.34. The molecule has 1 aromatic rings. The molecule has 1 saturated carbocycles. The van der Waals surface area contributed by atoms with Crippen LogP contribution in [0.25, 0.3) is 0 Å². The van der Waals surface area contributed by atoms with Gasteiger partial charge in [-0.1, -0.05) is 44.4 Å². The molecule has 0 radical (unpaired) electrons. The van der Waals surface area contributed by atoms with Crippen LogP contribution in [0.4, 0.5) is 0 Å². The van der Waals surface area contributed by atoms with Crippen molar-refractivity contribution in [2.24, 2.45) is 11.8 Å². The molecule has 112 valence electrons. The molecule has 4 heteroatoms. The van der Waals surface area contributed by atoms with Crippen molar-refractivity contribution in [2.45, 2.75) is 32.3 Å². The number of carbonyl (C=O) groups excluding carboxylic acids is 1. The van der Waals surface area contributed by atoms with E-state index in [0.29, 0.717) is 11.5 Å². The van der Waals surface area contributed by atoms with Gasteiger partial charge in [0.1, 0.15) is 6.11 Å². The van der Waals surface area contributed by atoms with Crippen molar-refractivity contribution in [1.82, 2.24) is 5.48 Å². The second-order valence-electron chi connectivity index (χ2n) is 5.34. The zero-order chi connectivity index (χ0) is 15.1. The Balaban J connectivity index is 1.93. The summed E-state index contributed by atoms with van der Waals surface area (Å²) in [5, 5.41) is 0. The summed E-state index contributed by atoms with van der Waals surface area (Å²) in [5.74, 6) is 3.52. The van der Waals surface area contributed by atoms with Crippen molar-refractivity contribution in [3.8, 4) is 12.0 Å². The van der Waals surface area contributed by atoms with Crippen LogP contribution in [0.3, 0.4) is 0 Å². The van der Waals surface area contributed by atoms with Gasteiger partial charge >= 0.3 is 0 Å². The highest BCUT2D eigenvalue weighted by Crippen LogP contribution is 2.35. The second kappa shape index (κ2) is 7.70. The molecule has 0 bridgehead atoms. The highest BCUT2D eigenvalue weighted by Gasteiger charge is 2.30. The first-order valence-electron chi connectivity index (χ1n) is 7.27. The van der Waals surface area contributed by atoms with Gasteiger partial charge in [0.05, 0.1) is 7.11 Å². The predicted molar refractivity (Wildman–Crippen MR) is 80.1 cm³/mol. The smallest absolute Gasteiger partial charge is 0.274 e. The van der Waals surface area contributed by atoms with E-state index in [1.807, 2.05) is 18.2 Å². The minimum atomic E-state index is -0.358. The lowest BCUT2D eigenvalue weighted by atomic mass is 9.74. The molecule has 1 amide bonds. The third-order valence-corrected chi connectivity index (χ3v) is 3.99. The minimum absolute atomic E-state index is 0.262. The number of nitrogens with one attached hydrogen (secondary N) is 1. The lowest BCUT2D eigenvalue weighted by molar-refractivity contribution is -0.0320. The van der Waals surface area contributed by atoms with Gasteiger partial charge < -0.3 is 4.74 Å². The number of amides is 1. The maximum absolute atomic E-state index is 12.0. The number of carbonyl (C=O) groups is 1. The monoisotopic (exact) mass is 287 g/mol. The first kappa shape index (κ1) is 15.4. The van der Waals surface area contributed by atoms with Crippen molar-refractivity contribution in [3.63, 3.8) is 0 Å². The Morgan fingerprint density at radius 2 is 2.05 bits per heavy atom. The SMILES string of the molecule is COC#CC(ONC(=O)c1ccccc1)C(C)C1CCC1. The molecule has 2 rings (SSSR count). The van der Waals surface area contributed by atoms with Gasteiger partial charge in [-0.15, -0.1) is 0 Å². The largest absolute Gasteiger partial charge is 0.450 e. The Kier molecular flexibility index (Phi) is 5.65. The number of hydrogen-bond acceptors (Lipinski definition) is 3. The number of hydroxylamine groups is 1. The zero-order valence-corrected chi connectivity index (χ0v) is 12.5. The van der Waals surface area contributed by atoms with Crippen LogP contribution < -0.4 is 5.48 Å². The van der Waals surface area contributed by atoms with E-state index in [1.54, 1.807) is 12.1 Å². The molecule has 2 unspecified atom stereocenters. The van der Waals surface area contributed by atoms with Gasteiger partial charge in [0.15, 0.2) is 6.10 Å². The van der Waals surface area contributed by atoms with Crippen molar-refractivity contribution in [1.29, 1.82) is 0 Å². The molecular formula is C17H21NO3. The molecular weight excluding hydrogens is 266 g/mol. The van der Waals surface area contributed by atoms with Crippen molar-refractivity contribution in [3.05, 3.63) is 35.9 Å². The van der Waals surface area contributed by atoms with E-state index in [4.69, 9.17) is 9.57 Å². The van der Waals surface area contributed by atoms with E-state index in [2.05, 4.69) is 24.4 Å². The van der Waals surface area contributed by atoms with Gasteiger partial charge in [-0.2, -0.15) is 0 Å². The molecule has 0 heterocycles. The van der Waals surface area contributed by atoms with E-state index in [9.17, 15) is 4.79 Å². The topological polar surface area (TPSA) is 47.6 Å². The highest BCUT2D eigenvalue weighted by molar-refractivity contribution is 5.93. The third kappa shape index (κ3) is 4.24. The minimum Gasteiger partial charge on any atom is -0.450 e. The molecule has 1 aliphatic rings. The van der Waals surface area contributed by atoms with Gasteiger partial charge in [0.25, 0.3) is 5.91 Å². The third-order valence-electron chi connectivity index (χ3n) is 3.99. The van der Waals surface area contributed by atoms with Crippen LogP contribution in [0.1, 0.15) is 36.5 Å². The van der Waals surface area contributed by atoms with Gasteiger partial charge in [-0.3, -0.25) is 9.63 Å². The molecule has 0 saturated heterocycles. The Morgan fingerprint density at radius 1 is 1.33 bits per heavy atom. The van der Waals surface area contributed by atoms with Crippen LogP contribution in [0, 0.1) is 23.9 Å². The average molecular weight is 287 g/mol. The normalized spacial score (nSPS) is 16.9. The van der Waals surface area contributed by atoms with E-state index in [0.717, 1.165) is 0 Å². The van der Waals surface area contributed by atoms with Crippen molar-refractivity contribution < 1.29 is 14.4 Å². The predicted octanol–water partition coefficient (Wildman–Crippen LogP) is 2.76. The number of hydrogen-bond donors (Lipinski definition) is 1. The van der Waals surface area contributed by atoms with Crippen LogP contribution >= 0.6 is 0 Å². The first-order valence-corrected chi connectivity index (χ1v) is 7.27. The summed E-state index contributed by atoms with van der Waals surface area (Å²) in [5.41, 5.74) is 3.06. The summed E-state index contributed by atoms with van der Waals surface area (Å²) in [6, 6.07) is 8.97. The lowest BCUT2D eigenvalue weighted by Gasteiger charge is -2.33. The summed E-state index contributed by atoms with van der Waals surface area (Å²) >= 11 is 0. The van der Waals surface area contributed by atoms with Gasteiger partial charge in [0.2, 0.25) is 0 Å². The van der Waals surface area contributed by atoms with E-state index in [1.165, 1.54) is 26.4 Å². The standard InChI is InChI=1S/C17H21NO3/c1-13(14-9-6-10-14)16(11-12-20-2)21-18-17(19)15-7-4-3-5-8-15/h3-5,7-8,13-14,16H,6,9-10H2,1-2H3,(H,18,19). The fourth-order valence-electron chi connectivity index (χ4n) is 2.36. The molecule has 4 nitrogen and oxygen atoms in total. The van der Waals surface area contributed by atoms with E-state index in [-0.39, 0.29) is 17.9 Å². The summed E-state index contributed by atoms with van der Waals surface area (Å²) < 4.78 is 4.79. The van der Waals surface area contributed by atoms with E-state index < -0.39 is 0 Å². The average Bonchev–Trinajstić information content (AvgIpc) is 2.46. The molecule has 0 spiro atoms. The quantitative estimate of drug-likeness (QED) is 0.669. The molecule has 2 atom stereocenters. The molecule has 1 N–H and O–H groups in total. The summed E-state index contributed by atoms with van der Waals surface area (Å²) in [4.78, 5) is 17.5. The van der Waals surface area contributed by atoms with Crippen LogP contribution in [0.2, 0.25) is 0 Å². The highest BCUT2D eigenvalue weighted by atomic mass is 16.7. The summed E-state index contributed by atoms with van der Waals surface area (Å²) in [6.07, 6.45) is 5.86. The Labute approximate surface area is 125 Å². The maximum atomic E-state index is 12.0. The molecule has 0 aromatic heterocycles. The maximum Gasteiger partial charge on any atom is 0.274 e. The Bertz CT molecular complexity index is 514. The Hall–Kier alpha value is -1.99. The number of ether oxygens (including phenoxy) is 1. The number of methoxy groups -OCH3 is 1. The lowest BCUT2D eigenvalue weighted by Crippen LogP contribution is -2.37. The number of rotatable bonds is 5. The van der Waals surface area contributed by atoms with Crippen LogP contribution in [0.15, 0.2) is 30.3 Å². The van der Waals surface area contributed by atoms with Crippen LogP contribution in [-0.4, -0.2) is 19.1 Å². The van der Waals surface area contributed by atoms with Crippen molar-refractivity contribution in [2.75, 3.05) is 7.11 Å². The zero-order valence-electron chi connectivity index (χ0n) is 12.5. The van der Waals surface area contributed by atoms with E-state index >= 15 is 0 Å². The van der Waals surface area contributed by atoms with Gasteiger partial charge in [-0.05, 0) is 29.9 Å². The molecule has 0 aliphatic heterocycles. The summed E-state index contributed by atoms with van der Waals surface area (Å²) in [6.45, 7) is 2.10. The Morgan fingerprint density at radius 3 is 2.62 bits per heavy atom. The fraction of sp³-hybridized carbons (Fsp3) is 0.471. The first-order chi connectivity index (χ1) is 10.2. The summed E-state index contributed by atoms with van der Waals surface area (Å²) in [7, 11) is 1.51. The van der Waals surface area contributed by atoms with Crippen LogP contribution in [-0.2, 0) is 9.57 Å². The molecule has 1 aliphatic carbocycles. The molecule has 1 fully saturated rings. The van der Waals surface area contributed by atoms with Gasteiger partial charge in [0, 0.05) is 5.56 Å². The van der Waals surface area contributed by atoms with Gasteiger partial charge in [-0.25, -0.2) is 5.48 Å². The fourth-order valence-corrected chi connectivity index (χ4v) is 2.36.